The maximum atomic E-state index is 9.30. The first-order chi connectivity index (χ1) is 10.2. The third-order valence-electron chi connectivity index (χ3n) is 2.94. The van der Waals surface area contributed by atoms with Crippen molar-refractivity contribution in [2.24, 2.45) is 0 Å². The lowest BCUT2D eigenvalue weighted by atomic mass is 10.0. The fourth-order valence-electron chi connectivity index (χ4n) is 1.86. The second-order valence-electron chi connectivity index (χ2n) is 4.59. The van der Waals surface area contributed by atoms with E-state index in [1.165, 1.54) is 0 Å². The lowest BCUT2D eigenvalue weighted by molar-refractivity contribution is 0.317. The van der Waals surface area contributed by atoms with E-state index in [0.717, 1.165) is 23.3 Å². The Morgan fingerprint density at radius 3 is 2.38 bits per heavy atom. The zero-order valence-corrected chi connectivity index (χ0v) is 12.6. The summed E-state index contributed by atoms with van der Waals surface area (Å²) in [6.07, 6.45) is 2.84. The fourth-order valence-corrected chi connectivity index (χ4v) is 1.98. The number of nitriles is 1. The van der Waals surface area contributed by atoms with Crippen molar-refractivity contribution in [2.75, 3.05) is 6.61 Å². The number of hydrogen-bond donors (Lipinski definition) is 0. The minimum absolute atomic E-state index is 0.605. The second-order valence-corrected chi connectivity index (χ2v) is 5.03. The summed E-state index contributed by atoms with van der Waals surface area (Å²) in [5.74, 6) is 0.846. The van der Waals surface area contributed by atoms with Gasteiger partial charge in [-0.05, 0) is 47.9 Å². The van der Waals surface area contributed by atoms with Crippen molar-refractivity contribution in [3.8, 4) is 11.8 Å². The van der Waals surface area contributed by atoms with E-state index < -0.39 is 0 Å². The number of benzene rings is 2. The molecule has 0 spiro atoms. The molecular weight excluding hydrogens is 282 g/mol. The number of rotatable bonds is 5. The summed E-state index contributed by atoms with van der Waals surface area (Å²) in [5.41, 5.74) is 2.42. The molecule has 0 aromatic heterocycles. The normalized spacial score (nSPS) is 11.0. The van der Waals surface area contributed by atoms with Gasteiger partial charge in [0.25, 0.3) is 0 Å². The van der Waals surface area contributed by atoms with Crippen LogP contribution >= 0.6 is 11.6 Å². The molecule has 0 fully saturated rings. The van der Waals surface area contributed by atoms with Gasteiger partial charge in [-0.1, -0.05) is 42.8 Å². The monoisotopic (exact) mass is 297 g/mol. The molecule has 2 aromatic rings. The molecule has 0 saturated heterocycles. The standard InChI is InChI=1S/C18H16ClNO/c1-2-11-21-18-9-3-14(4-10-18)12-16(13-20)15-5-7-17(19)8-6-15/h3-10,12H,2,11H2,1H3/b16-12+. The molecule has 0 unspecified atom stereocenters. The van der Waals surface area contributed by atoms with Crippen LogP contribution < -0.4 is 4.74 Å². The van der Waals surface area contributed by atoms with Gasteiger partial charge >= 0.3 is 0 Å². The Hall–Kier alpha value is -2.24. The van der Waals surface area contributed by atoms with Crippen molar-refractivity contribution < 1.29 is 4.74 Å². The molecule has 0 heterocycles. The van der Waals surface area contributed by atoms with Crippen molar-refractivity contribution >= 4 is 23.3 Å². The van der Waals surface area contributed by atoms with E-state index >= 15 is 0 Å². The highest BCUT2D eigenvalue weighted by Crippen LogP contribution is 2.21. The van der Waals surface area contributed by atoms with Crippen LogP contribution in [0.3, 0.4) is 0 Å². The van der Waals surface area contributed by atoms with Gasteiger partial charge in [-0.2, -0.15) is 5.26 Å². The molecule has 0 bridgehead atoms. The lowest BCUT2D eigenvalue weighted by Gasteiger charge is -2.05. The third-order valence-corrected chi connectivity index (χ3v) is 3.19. The zero-order valence-electron chi connectivity index (χ0n) is 11.8. The maximum absolute atomic E-state index is 9.30. The molecule has 106 valence electrons. The molecule has 2 nitrogen and oxygen atoms in total. The molecule has 0 N–H and O–H groups in total. The Labute approximate surface area is 130 Å². The summed E-state index contributed by atoms with van der Waals surface area (Å²) in [5, 5.41) is 9.97. The highest BCUT2D eigenvalue weighted by atomic mass is 35.5. The van der Waals surface area contributed by atoms with Crippen LogP contribution in [0.2, 0.25) is 5.02 Å². The molecule has 0 amide bonds. The van der Waals surface area contributed by atoms with Gasteiger partial charge in [0.2, 0.25) is 0 Å². The quantitative estimate of drug-likeness (QED) is 0.562. The van der Waals surface area contributed by atoms with E-state index in [9.17, 15) is 5.26 Å². The van der Waals surface area contributed by atoms with Gasteiger partial charge in [-0.25, -0.2) is 0 Å². The first-order valence-corrected chi connectivity index (χ1v) is 7.21. The fraction of sp³-hybridized carbons (Fsp3) is 0.167. The topological polar surface area (TPSA) is 33.0 Å². The molecule has 0 atom stereocenters. The Bertz CT molecular complexity index is 651. The second kappa shape index (κ2) is 7.52. The molecule has 0 radical (unpaired) electrons. The number of nitrogens with zero attached hydrogens (tertiary/aromatic N) is 1. The minimum Gasteiger partial charge on any atom is -0.494 e. The van der Waals surface area contributed by atoms with Crippen LogP contribution in [0.25, 0.3) is 11.6 Å². The maximum Gasteiger partial charge on any atom is 0.119 e. The smallest absolute Gasteiger partial charge is 0.119 e. The van der Waals surface area contributed by atoms with E-state index in [-0.39, 0.29) is 0 Å². The Morgan fingerprint density at radius 1 is 1.14 bits per heavy atom. The first-order valence-electron chi connectivity index (χ1n) is 6.83. The summed E-state index contributed by atoms with van der Waals surface area (Å²) in [6, 6.07) is 17.2. The van der Waals surface area contributed by atoms with Gasteiger partial charge < -0.3 is 4.74 Å². The van der Waals surface area contributed by atoms with Crippen LogP contribution in [0.4, 0.5) is 0 Å². The highest BCUT2D eigenvalue weighted by Gasteiger charge is 2.01. The Balaban J connectivity index is 2.20. The highest BCUT2D eigenvalue weighted by molar-refractivity contribution is 6.30. The van der Waals surface area contributed by atoms with Gasteiger partial charge in [-0.3, -0.25) is 0 Å². The van der Waals surface area contributed by atoms with Crippen LogP contribution in [0.15, 0.2) is 48.5 Å². The van der Waals surface area contributed by atoms with Crippen LogP contribution in [-0.2, 0) is 0 Å². The Kier molecular flexibility index (Phi) is 5.43. The SMILES string of the molecule is CCCOc1ccc(/C=C(\C#N)c2ccc(Cl)cc2)cc1. The van der Waals surface area contributed by atoms with E-state index in [4.69, 9.17) is 16.3 Å². The zero-order chi connectivity index (χ0) is 15.1. The molecule has 3 heteroatoms. The average Bonchev–Trinajstić information content (AvgIpc) is 2.53. The summed E-state index contributed by atoms with van der Waals surface area (Å²) >= 11 is 5.86. The summed E-state index contributed by atoms with van der Waals surface area (Å²) in [4.78, 5) is 0. The van der Waals surface area contributed by atoms with Crippen LogP contribution in [0.1, 0.15) is 24.5 Å². The van der Waals surface area contributed by atoms with Crippen molar-refractivity contribution in [1.82, 2.24) is 0 Å². The molecule has 2 rings (SSSR count). The molecule has 0 aliphatic heterocycles. The van der Waals surface area contributed by atoms with Gasteiger partial charge in [0.1, 0.15) is 5.75 Å². The number of halogens is 1. The van der Waals surface area contributed by atoms with Crippen LogP contribution in [0, 0.1) is 11.3 Å². The third kappa shape index (κ3) is 4.37. The predicted molar refractivity (Wildman–Crippen MR) is 87.2 cm³/mol. The average molecular weight is 298 g/mol. The van der Waals surface area contributed by atoms with Gasteiger partial charge in [0, 0.05) is 5.02 Å². The van der Waals surface area contributed by atoms with E-state index in [2.05, 4.69) is 13.0 Å². The van der Waals surface area contributed by atoms with Crippen molar-refractivity contribution in [1.29, 1.82) is 5.26 Å². The molecular formula is C18H16ClNO. The molecule has 2 aromatic carbocycles. The van der Waals surface area contributed by atoms with Crippen LogP contribution in [-0.4, -0.2) is 6.61 Å². The minimum atomic E-state index is 0.605. The van der Waals surface area contributed by atoms with Crippen molar-refractivity contribution in [2.45, 2.75) is 13.3 Å². The van der Waals surface area contributed by atoms with Crippen LogP contribution in [0.5, 0.6) is 5.75 Å². The summed E-state index contributed by atoms with van der Waals surface area (Å²) < 4.78 is 5.54. The van der Waals surface area contributed by atoms with E-state index in [0.29, 0.717) is 17.2 Å². The number of hydrogen-bond acceptors (Lipinski definition) is 2. The lowest BCUT2D eigenvalue weighted by Crippen LogP contribution is -1.94. The van der Waals surface area contributed by atoms with Crippen molar-refractivity contribution in [3.05, 3.63) is 64.7 Å². The van der Waals surface area contributed by atoms with Gasteiger partial charge in [-0.15, -0.1) is 0 Å². The molecule has 0 aliphatic rings. The Morgan fingerprint density at radius 2 is 1.81 bits per heavy atom. The number of ether oxygens (including phenoxy) is 1. The summed E-state index contributed by atoms with van der Waals surface area (Å²) in [6.45, 7) is 2.78. The van der Waals surface area contributed by atoms with E-state index in [1.54, 1.807) is 12.1 Å². The molecule has 0 saturated carbocycles. The van der Waals surface area contributed by atoms with Gasteiger partial charge in [0.15, 0.2) is 0 Å². The van der Waals surface area contributed by atoms with Gasteiger partial charge in [0.05, 0.1) is 18.2 Å². The van der Waals surface area contributed by atoms with Crippen molar-refractivity contribution in [3.63, 3.8) is 0 Å². The van der Waals surface area contributed by atoms with E-state index in [1.807, 2.05) is 42.5 Å². The molecule has 21 heavy (non-hydrogen) atoms. The first kappa shape index (κ1) is 15.2. The number of allylic oxidation sites excluding steroid dienone is 1. The predicted octanol–water partition coefficient (Wildman–Crippen LogP) is 5.19. The largest absolute Gasteiger partial charge is 0.494 e. The summed E-state index contributed by atoms with van der Waals surface area (Å²) in [7, 11) is 0. The molecule has 0 aliphatic carbocycles.